The van der Waals surface area contributed by atoms with Crippen LogP contribution in [0.1, 0.15) is 26.5 Å². The Morgan fingerprint density at radius 3 is 2.40 bits per heavy atom. The molecular formula is C16H11Cl4NO3S. The van der Waals surface area contributed by atoms with E-state index in [4.69, 9.17) is 51.1 Å². The summed E-state index contributed by atoms with van der Waals surface area (Å²) >= 11 is 25.3. The first kappa shape index (κ1) is 18.8. The van der Waals surface area contributed by atoms with E-state index in [-0.39, 0.29) is 25.8 Å². The molecule has 1 heterocycles. The van der Waals surface area contributed by atoms with Crippen molar-refractivity contribution in [2.24, 2.45) is 0 Å². The third kappa shape index (κ3) is 4.07. The molecule has 25 heavy (non-hydrogen) atoms. The topological polar surface area (TPSA) is 55.4 Å². The molecule has 1 aliphatic carbocycles. The highest BCUT2D eigenvalue weighted by Crippen LogP contribution is 2.41. The predicted molar refractivity (Wildman–Crippen MR) is 102 cm³/mol. The zero-order valence-corrected chi connectivity index (χ0v) is 16.5. The molecule has 0 atom stereocenters. The fourth-order valence-corrected chi connectivity index (χ4v) is 4.54. The number of hydrogen-bond donors (Lipinski definition) is 1. The van der Waals surface area contributed by atoms with Crippen molar-refractivity contribution in [3.63, 3.8) is 0 Å². The molecule has 1 aromatic carbocycles. The van der Waals surface area contributed by atoms with E-state index in [9.17, 15) is 9.59 Å². The van der Waals surface area contributed by atoms with Crippen LogP contribution in [0.5, 0.6) is 0 Å². The molecule has 132 valence electrons. The number of amides is 1. The minimum absolute atomic E-state index is 0.0606. The van der Waals surface area contributed by atoms with Crippen molar-refractivity contribution in [3.8, 4) is 0 Å². The maximum atomic E-state index is 12.1. The number of esters is 1. The Balaban J connectivity index is 1.62. The van der Waals surface area contributed by atoms with E-state index in [0.717, 1.165) is 19.3 Å². The summed E-state index contributed by atoms with van der Waals surface area (Å²) in [5.74, 6) is -1.13. The number of rotatable bonds is 4. The molecular weight excluding hydrogens is 428 g/mol. The number of carbonyl (C=O) groups is 2. The molecule has 0 fully saturated rings. The molecule has 0 saturated carbocycles. The molecule has 1 amide bonds. The summed E-state index contributed by atoms with van der Waals surface area (Å²) in [4.78, 5) is 25.8. The largest absolute Gasteiger partial charge is 0.451 e. The van der Waals surface area contributed by atoms with Crippen LogP contribution in [0.25, 0.3) is 0 Å². The van der Waals surface area contributed by atoms with Crippen molar-refractivity contribution in [2.75, 3.05) is 11.9 Å². The van der Waals surface area contributed by atoms with Crippen LogP contribution in [0.3, 0.4) is 0 Å². The zero-order valence-electron chi connectivity index (χ0n) is 12.6. The maximum Gasteiger partial charge on any atom is 0.348 e. The molecule has 9 heteroatoms. The van der Waals surface area contributed by atoms with E-state index < -0.39 is 18.5 Å². The van der Waals surface area contributed by atoms with Gasteiger partial charge in [-0.2, -0.15) is 0 Å². The van der Waals surface area contributed by atoms with Crippen molar-refractivity contribution < 1.29 is 14.3 Å². The molecule has 0 spiro atoms. The fraction of sp³-hybridized carbons (Fsp3) is 0.250. The van der Waals surface area contributed by atoms with E-state index in [1.54, 1.807) is 0 Å². The lowest BCUT2D eigenvalue weighted by molar-refractivity contribution is -0.119. The molecule has 1 aliphatic rings. The van der Waals surface area contributed by atoms with Crippen LogP contribution in [0.4, 0.5) is 5.69 Å². The fourth-order valence-electron chi connectivity index (χ4n) is 2.49. The predicted octanol–water partition coefficient (Wildman–Crippen LogP) is 5.65. The highest BCUT2D eigenvalue weighted by atomic mass is 35.5. The van der Waals surface area contributed by atoms with Gasteiger partial charge in [0.15, 0.2) is 6.61 Å². The number of fused-ring (bicyclic) bond motifs is 1. The lowest BCUT2D eigenvalue weighted by atomic mass is 10.2. The quantitative estimate of drug-likeness (QED) is 0.495. The molecule has 4 nitrogen and oxygen atoms in total. The number of ether oxygens (including phenoxy) is 1. The van der Waals surface area contributed by atoms with Gasteiger partial charge in [-0.15, -0.1) is 11.3 Å². The smallest absolute Gasteiger partial charge is 0.348 e. The molecule has 0 radical (unpaired) electrons. The number of aryl methyl sites for hydroxylation is 2. The lowest BCUT2D eigenvalue weighted by Crippen LogP contribution is -2.21. The molecule has 1 N–H and O–H groups in total. The van der Waals surface area contributed by atoms with Gasteiger partial charge in [-0.3, -0.25) is 4.79 Å². The number of halogens is 4. The Kier molecular flexibility index (Phi) is 5.81. The molecule has 0 saturated heterocycles. The molecule has 0 unspecified atom stereocenters. The first-order valence-corrected chi connectivity index (χ1v) is 9.61. The zero-order chi connectivity index (χ0) is 18.1. The van der Waals surface area contributed by atoms with Crippen molar-refractivity contribution in [2.45, 2.75) is 19.3 Å². The van der Waals surface area contributed by atoms with Crippen molar-refractivity contribution in [1.29, 1.82) is 0 Å². The van der Waals surface area contributed by atoms with Crippen LogP contribution in [-0.2, 0) is 22.4 Å². The standard InChI is InChI=1S/C16H11Cl4NO3S/c17-8-5-9(18)14(20)15(13(8)19)21-12(22)6-24-16(23)11-4-7-2-1-3-10(7)25-11/h4-5H,1-3,6H2,(H,21,22). The summed E-state index contributed by atoms with van der Waals surface area (Å²) in [6.45, 7) is -0.474. The summed E-state index contributed by atoms with van der Waals surface area (Å²) in [6, 6.07) is 3.21. The van der Waals surface area contributed by atoms with E-state index in [1.807, 2.05) is 6.07 Å². The minimum atomic E-state index is -0.598. The Bertz CT molecular complexity index is 818. The van der Waals surface area contributed by atoms with Crippen molar-refractivity contribution in [1.82, 2.24) is 0 Å². The number of anilines is 1. The molecule has 0 aliphatic heterocycles. The molecule has 2 aromatic rings. The van der Waals surface area contributed by atoms with Gasteiger partial charge in [0.2, 0.25) is 0 Å². The SMILES string of the molecule is O=C(COC(=O)c1cc2c(s1)CCC2)Nc1c(Cl)c(Cl)cc(Cl)c1Cl. The lowest BCUT2D eigenvalue weighted by Gasteiger charge is -2.11. The highest BCUT2D eigenvalue weighted by Gasteiger charge is 2.21. The number of thiophene rings is 1. The van der Waals surface area contributed by atoms with Gasteiger partial charge in [0.1, 0.15) is 4.88 Å². The number of nitrogens with one attached hydrogen (secondary N) is 1. The third-order valence-electron chi connectivity index (χ3n) is 3.66. The average Bonchev–Trinajstić information content (AvgIpc) is 3.16. The Hall–Kier alpha value is -0.980. The van der Waals surface area contributed by atoms with Crippen LogP contribution >= 0.6 is 57.7 Å². The number of hydrogen-bond acceptors (Lipinski definition) is 4. The van der Waals surface area contributed by atoms with E-state index in [1.165, 1.54) is 27.8 Å². The van der Waals surface area contributed by atoms with E-state index in [2.05, 4.69) is 5.32 Å². The van der Waals surface area contributed by atoms with Crippen LogP contribution < -0.4 is 5.32 Å². The summed E-state index contributed by atoms with van der Waals surface area (Å²) in [5.41, 5.74) is 1.27. The Morgan fingerprint density at radius 1 is 1.08 bits per heavy atom. The summed E-state index contributed by atoms with van der Waals surface area (Å²) in [6.07, 6.45) is 3.08. The van der Waals surface area contributed by atoms with Crippen LogP contribution in [0.15, 0.2) is 12.1 Å². The van der Waals surface area contributed by atoms with Gasteiger partial charge < -0.3 is 10.1 Å². The monoisotopic (exact) mass is 437 g/mol. The van der Waals surface area contributed by atoms with Gasteiger partial charge in [0, 0.05) is 4.88 Å². The van der Waals surface area contributed by atoms with E-state index >= 15 is 0 Å². The summed E-state index contributed by atoms with van der Waals surface area (Å²) < 4.78 is 5.05. The third-order valence-corrected chi connectivity index (χ3v) is 6.45. The Labute approximate surface area is 168 Å². The maximum absolute atomic E-state index is 12.1. The minimum Gasteiger partial charge on any atom is -0.451 e. The molecule has 0 bridgehead atoms. The van der Waals surface area contributed by atoms with E-state index in [0.29, 0.717) is 4.88 Å². The van der Waals surface area contributed by atoms with Gasteiger partial charge in [0.05, 0.1) is 25.8 Å². The van der Waals surface area contributed by atoms with Crippen LogP contribution in [0, 0.1) is 0 Å². The van der Waals surface area contributed by atoms with Gasteiger partial charge in [-0.25, -0.2) is 4.79 Å². The summed E-state index contributed by atoms with van der Waals surface area (Å²) in [7, 11) is 0. The average molecular weight is 439 g/mol. The number of benzene rings is 1. The van der Waals surface area contributed by atoms with Gasteiger partial charge in [-0.05, 0) is 37.0 Å². The number of carbonyl (C=O) groups excluding carboxylic acids is 2. The van der Waals surface area contributed by atoms with Crippen LogP contribution in [0.2, 0.25) is 20.1 Å². The molecule has 3 rings (SSSR count). The van der Waals surface area contributed by atoms with Gasteiger partial charge >= 0.3 is 5.97 Å². The first-order chi connectivity index (χ1) is 11.9. The van der Waals surface area contributed by atoms with Crippen molar-refractivity contribution in [3.05, 3.63) is 47.5 Å². The summed E-state index contributed by atoms with van der Waals surface area (Å²) in [5, 5.41) is 2.88. The van der Waals surface area contributed by atoms with Crippen LogP contribution in [-0.4, -0.2) is 18.5 Å². The Morgan fingerprint density at radius 2 is 1.76 bits per heavy atom. The second-order valence-corrected chi connectivity index (χ2v) is 8.09. The van der Waals surface area contributed by atoms with Crippen molar-refractivity contribution >= 4 is 75.3 Å². The first-order valence-electron chi connectivity index (χ1n) is 7.28. The second kappa shape index (κ2) is 7.72. The second-order valence-electron chi connectivity index (χ2n) is 5.38. The highest BCUT2D eigenvalue weighted by molar-refractivity contribution is 7.14. The normalized spacial score (nSPS) is 12.8. The van der Waals surface area contributed by atoms with Gasteiger partial charge in [-0.1, -0.05) is 46.4 Å². The van der Waals surface area contributed by atoms with Gasteiger partial charge in [0.25, 0.3) is 5.91 Å². The molecule has 1 aromatic heterocycles.